The summed E-state index contributed by atoms with van der Waals surface area (Å²) in [6, 6.07) is 17.9. The third-order valence-electron chi connectivity index (χ3n) is 4.33. The van der Waals surface area contributed by atoms with Crippen molar-refractivity contribution in [2.24, 2.45) is 0 Å². The highest BCUT2D eigenvalue weighted by atomic mass is 32.1. The quantitative estimate of drug-likeness (QED) is 0.505. The van der Waals surface area contributed by atoms with Gasteiger partial charge in [0.25, 0.3) is 0 Å². The number of amides is 1. The van der Waals surface area contributed by atoms with Crippen molar-refractivity contribution in [2.75, 3.05) is 6.54 Å². The summed E-state index contributed by atoms with van der Waals surface area (Å²) in [5, 5.41) is 9.61. The first kappa shape index (κ1) is 18.1. The van der Waals surface area contributed by atoms with E-state index in [0.29, 0.717) is 13.0 Å². The molecule has 1 amide bonds. The Morgan fingerprint density at radius 1 is 1.18 bits per heavy atom. The van der Waals surface area contributed by atoms with Crippen LogP contribution in [0.25, 0.3) is 22.4 Å². The van der Waals surface area contributed by atoms with Crippen LogP contribution in [0.3, 0.4) is 0 Å². The number of carbonyl (C=O) groups excluding carboxylic acids is 1. The molecule has 4 rings (SSSR count). The highest BCUT2D eigenvalue weighted by Crippen LogP contribution is 2.21. The van der Waals surface area contributed by atoms with Crippen LogP contribution in [0, 0.1) is 6.92 Å². The van der Waals surface area contributed by atoms with E-state index in [1.807, 2.05) is 58.4 Å². The molecule has 2 aromatic heterocycles. The number of benzene rings is 2. The number of aryl methyl sites for hydroxylation is 1. The standard InChI is InChI=1S/C22H20N4OS/c1-16-6-5-9-18(14-16)21-24-22-26(25-21)19(15-28-22)12-13-23-20(27)11-10-17-7-3-2-4-8-17/h2-11,14-15H,12-13H2,1H3,(H,23,27). The normalized spacial score (nSPS) is 11.3. The highest BCUT2D eigenvalue weighted by Gasteiger charge is 2.11. The van der Waals surface area contributed by atoms with E-state index in [4.69, 9.17) is 0 Å². The zero-order valence-electron chi connectivity index (χ0n) is 15.5. The van der Waals surface area contributed by atoms with E-state index in [-0.39, 0.29) is 5.91 Å². The minimum absolute atomic E-state index is 0.102. The molecule has 6 heteroatoms. The molecule has 0 unspecified atom stereocenters. The van der Waals surface area contributed by atoms with Crippen molar-refractivity contribution in [3.63, 3.8) is 0 Å². The summed E-state index contributed by atoms with van der Waals surface area (Å²) >= 11 is 1.56. The van der Waals surface area contributed by atoms with Crippen LogP contribution < -0.4 is 5.32 Å². The van der Waals surface area contributed by atoms with E-state index in [2.05, 4.69) is 34.5 Å². The van der Waals surface area contributed by atoms with Crippen molar-refractivity contribution in [1.29, 1.82) is 0 Å². The van der Waals surface area contributed by atoms with E-state index < -0.39 is 0 Å². The van der Waals surface area contributed by atoms with Gasteiger partial charge in [-0.2, -0.15) is 4.98 Å². The Labute approximate surface area is 167 Å². The van der Waals surface area contributed by atoms with Gasteiger partial charge in [-0.25, -0.2) is 4.52 Å². The molecule has 2 heterocycles. The molecule has 28 heavy (non-hydrogen) atoms. The summed E-state index contributed by atoms with van der Waals surface area (Å²) in [4.78, 5) is 17.5. The fraction of sp³-hybridized carbons (Fsp3) is 0.136. The zero-order valence-corrected chi connectivity index (χ0v) is 16.3. The van der Waals surface area contributed by atoms with Gasteiger partial charge in [0.15, 0.2) is 5.82 Å². The lowest BCUT2D eigenvalue weighted by Crippen LogP contribution is -2.23. The smallest absolute Gasteiger partial charge is 0.244 e. The molecular weight excluding hydrogens is 368 g/mol. The molecule has 0 bridgehead atoms. The van der Waals surface area contributed by atoms with Gasteiger partial charge >= 0.3 is 0 Å². The lowest BCUT2D eigenvalue weighted by Gasteiger charge is -2.01. The third-order valence-corrected chi connectivity index (χ3v) is 5.20. The highest BCUT2D eigenvalue weighted by molar-refractivity contribution is 7.15. The first-order valence-corrected chi connectivity index (χ1v) is 9.98. The van der Waals surface area contributed by atoms with Crippen molar-refractivity contribution in [3.8, 4) is 11.4 Å². The van der Waals surface area contributed by atoms with Crippen LogP contribution >= 0.6 is 11.3 Å². The first-order valence-electron chi connectivity index (χ1n) is 9.10. The van der Waals surface area contributed by atoms with Crippen LogP contribution in [0.1, 0.15) is 16.8 Å². The summed E-state index contributed by atoms with van der Waals surface area (Å²) in [5.41, 5.74) is 4.24. The molecule has 0 saturated carbocycles. The number of fused-ring (bicyclic) bond motifs is 1. The van der Waals surface area contributed by atoms with Crippen molar-refractivity contribution in [3.05, 3.63) is 82.9 Å². The maximum Gasteiger partial charge on any atom is 0.244 e. The Bertz CT molecular complexity index is 1130. The molecule has 0 fully saturated rings. The van der Waals surface area contributed by atoms with Gasteiger partial charge in [-0.15, -0.1) is 16.4 Å². The van der Waals surface area contributed by atoms with E-state index in [1.165, 1.54) is 5.56 Å². The van der Waals surface area contributed by atoms with E-state index >= 15 is 0 Å². The van der Waals surface area contributed by atoms with Crippen molar-refractivity contribution in [1.82, 2.24) is 19.9 Å². The molecule has 0 saturated heterocycles. The van der Waals surface area contributed by atoms with Crippen LogP contribution in [0.2, 0.25) is 0 Å². The number of carbonyl (C=O) groups is 1. The largest absolute Gasteiger partial charge is 0.352 e. The number of nitrogens with zero attached hydrogens (tertiary/aromatic N) is 3. The predicted octanol–water partition coefficient (Wildman–Crippen LogP) is 4.14. The lowest BCUT2D eigenvalue weighted by molar-refractivity contribution is -0.116. The molecule has 0 radical (unpaired) electrons. The Hall–Kier alpha value is -3.25. The van der Waals surface area contributed by atoms with Gasteiger partial charge in [0.05, 0.1) is 5.69 Å². The second-order valence-corrected chi connectivity index (χ2v) is 7.35. The topological polar surface area (TPSA) is 59.3 Å². The molecule has 4 aromatic rings. The maximum absolute atomic E-state index is 12.0. The van der Waals surface area contributed by atoms with Gasteiger partial charge < -0.3 is 5.32 Å². The number of nitrogens with one attached hydrogen (secondary N) is 1. The number of hydrogen-bond donors (Lipinski definition) is 1. The average Bonchev–Trinajstić information content (AvgIpc) is 3.29. The molecule has 140 valence electrons. The molecule has 2 aromatic carbocycles. The van der Waals surface area contributed by atoms with Crippen molar-refractivity contribution >= 4 is 28.3 Å². The molecule has 0 aliphatic heterocycles. The zero-order chi connectivity index (χ0) is 19.3. The fourth-order valence-electron chi connectivity index (χ4n) is 2.91. The number of aromatic nitrogens is 3. The SMILES string of the molecule is Cc1cccc(-c2nc3scc(CCNC(=O)C=Cc4ccccc4)n3n2)c1. The van der Waals surface area contributed by atoms with E-state index in [9.17, 15) is 4.79 Å². The summed E-state index contributed by atoms with van der Waals surface area (Å²) in [6.07, 6.45) is 4.06. The molecule has 0 atom stereocenters. The minimum atomic E-state index is -0.102. The van der Waals surface area contributed by atoms with Gasteiger partial charge in [-0.3, -0.25) is 4.79 Å². The van der Waals surface area contributed by atoms with Crippen LogP contribution in [0.15, 0.2) is 66.1 Å². The monoisotopic (exact) mass is 388 g/mol. The Balaban J connectivity index is 1.38. The van der Waals surface area contributed by atoms with E-state index in [1.54, 1.807) is 17.4 Å². The Kier molecular flexibility index (Phi) is 5.30. The van der Waals surface area contributed by atoms with Gasteiger partial charge in [-0.1, -0.05) is 54.1 Å². The second-order valence-electron chi connectivity index (χ2n) is 6.51. The Morgan fingerprint density at radius 2 is 2.04 bits per heavy atom. The summed E-state index contributed by atoms with van der Waals surface area (Å²) < 4.78 is 1.87. The van der Waals surface area contributed by atoms with Gasteiger partial charge in [0, 0.05) is 30.0 Å². The van der Waals surface area contributed by atoms with Crippen molar-refractivity contribution < 1.29 is 4.79 Å². The van der Waals surface area contributed by atoms with Crippen molar-refractivity contribution in [2.45, 2.75) is 13.3 Å². The number of hydrogen-bond acceptors (Lipinski definition) is 4. The average molecular weight is 388 g/mol. The number of thiazole rings is 1. The summed E-state index contributed by atoms with van der Waals surface area (Å²) in [7, 11) is 0. The first-order chi connectivity index (χ1) is 13.7. The second kappa shape index (κ2) is 8.19. The molecule has 0 spiro atoms. The molecular formula is C22H20N4OS. The molecule has 1 N–H and O–H groups in total. The third kappa shape index (κ3) is 4.18. The lowest BCUT2D eigenvalue weighted by atomic mass is 10.1. The molecule has 0 aliphatic carbocycles. The van der Waals surface area contributed by atoms with Crippen LogP contribution in [-0.4, -0.2) is 27.0 Å². The summed E-state index contributed by atoms with van der Waals surface area (Å²) in [5.74, 6) is 0.626. The van der Waals surface area contributed by atoms with Crippen LogP contribution in [0.4, 0.5) is 0 Å². The van der Waals surface area contributed by atoms with Crippen LogP contribution in [0.5, 0.6) is 0 Å². The van der Waals surface area contributed by atoms with E-state index in [0.717, 1.165) is 27.6 Å². The molecule has 0 aliphatic rings. The Morgan fingerprint density at radius 3 is 2.86 bits per heavy atom. The fourth-order valence-corrected chi connectivity index (χ4v) is 3.77. The van der Waals surface area contributed by atoms with Gasteiger partial charge in [0.1, 0.15) is 0 Å². The maximum atomic E-state index is 12.0. The number of rotatable bonds is 6. The van der Waals surface area contributed by atoms with Gasteiger partial charge in [0.2, 0.25) is 10.9 Å². The van der Waals surface area contributed by atoms with Gasteiger partial charge in [-0.05, 0) is 24.6 Å². The van der Waals surface area contributed by atoms with Crippen LogP contribution in [-0.2, 0) is 11.2 Å². The predicted molar refractivity (Wildman–Crippen MR) is 113 cm³/mol. The summed E-state index contributed by atoms with van der Waals surface area (Å²) in [6.45, 7) is 2.60. The molecule has 5 nitrogen and oxygen atoms in total. The minimum Gasteiger partial charge on any atom is -0.352 e.